The quantitative estimate of drug-likeness (QED) is 0.521. The molecular weight excluding hydrogens is 354 g/mol. The summed E-state index contributed by atoms with van der Waals surface area (Å²) in [5, 5.41) is 13.2. The summed E-state index contributed by atoms with van der Waals surface area (Å²) >= 11 is 1.16. The summed E-state index contributed by atoms with van der Waals surface area (Å²) in [6.45, 7) is 0.635. The lowest BCUT2D eigenvalue weighted by atomic mass is 9.49. The van der Waals surface area contributed by atoms with Crippen LogP contribution in [0.15, 0.2) is 5.38 Å². The summed E-state index contributed by atoms with van der Waals surface area (Å²) in [5.74, 6) is 2.19. The van der Waals surface area contributed by atoms with E-state index in [0.717, 1.165) is 35.5 Å². The number of thiazole rings is 1. The van der Waals surface area contributed by atoms with Gasteiger partial charge in [0.15, 0.2) is 0 Å². The first-order valence-corrected chi connectivity index (χ1v) is 10.2. The number of rotatable bonds is 6. The second kappa shape index (κ2) is 7.15. The molecule has 0 aromatic carbocycles. The minimum absolute atomic E-state index is 0.0516. The molecule has 26 heavy (non-hydrogen) atoms. The summed E-state index contributed by atoms with van der Waals surface area (Å²) in [6.07, 6.45) is 8.76. The van der Waals surface area contributed by atoms with E-state index >= 15 is 0 Å². The fourth-order valence-corrected chi connectivity index (χ4v) is 6.43. The zero-order chi connectivity index (χ0) is 18.1. The maximum absolute atomic E-state index is 12.0. The summed E-state index contributed by atoms with van der Waals surface area (Å²) < 4.78 is 5.19. The van der Waals surface area contributed by atoms with Crippen LogP contribution in [0.4, 0.5) is 4.79 Å². The van der Waals surface area contributed by atoms with Gasteiger partial charge in [-0.1, -0.05) is 11.3 Å². The number of hydrogen-bond donors (Lipinski definition) is 3. The van der Waals surface area contributed by atoms with Crippen LogP contribution in [0.3, 0.4) is 0 Å². The first-order valence-electron chi connectivity index (χ1n) is 9.36. The molecule has 4 fully saturated rings. The van der Waals surface area contributed by atoms with Gasteiger partial charge in [0.05, 0.1) is 12.1 Å². The van der Waals surface area contributed by atoms with Gasteiger partial charge in [0.1, 0.15) is 0 Å². The van der Waals surface area contributed by atoms with Gasteiger partial charge in [0.2, 0.25) is 5.91 Å². The molecule has 5 rings (SSSR count). The maximum atomic E-state index is 12.0. The Morgan fingerprint density at radius 2 is 1.88 bits per heavy atom. The zero-order valence-corrected chi connectivity index (χ0v) is 15.5. The molecule has 0 aliphatic heterocycles. The normalized spacial score (nSPS) is 31.7. The van der Waals surface area contributed by atoms with E-state index in [4.69, 9.17) is 9.94 Å². The number of hydroxylamine groups is 1. The van der Waals surface area contributed by atoms with Crippen molar-refractivity contribution in [3.05, 3.63) is 11.1 Å². The number of amides is 2. The highest BCUT2D eigenvalue weighted by Crippen LogP contribution is 2.61. The van der Waals surface area contributed by atoms with Crippen LogP contribution in [0.5, 0.6) is 5.19 Å². The summed E-state index contributed by atoms with van der Waals surface area (Å²) in [5.41, 5.74) is 2.45. The Kier molecular flexibility index (Phi) is 4.88. The lowest BCUT2D eigenvalue weighted by Gasteiger charge is -2.57. The molecule has 0 radical (unpaired) electrons. The highest BCUT2D eigenvalue weighted by Gasteiger charge is 2.50. The first kappa shape index (κ1) is 17.7. The molecule has 4 bridgehead atoms. The van der Waals surface area contributed by atoms with Gasteiger partial charge in [-0.15, -0.1) is 0 Å². The molecule has 4 saturated carbocycles. The Labute approximate surface area is 156 Å². The zero-order valence-electron chi connectivity index (χ0n) is 14.7. The molecule has 1 aromatic rings. The molecule has 0 unspecified atom stereocenters. The van der Waals surface area contributed by atoms with E-state index in [0.29, 0.717) is 17.7 Å². The number of aromatic nitrogens is 1. The third-order valence-corrected chi connectivity index (χ3v) is 7.03. The van der Waals surface area contributed by atoms with Crippen molar-refractivity contribution < 1.29 is 19.5 Å². The molecule has 0 atom stereocenters. The first-order chi connectivity index (χ1) is 12.5. The topological polar surface area (TPSA) is 101 Å². The smallest absolute Gasteiger partial charge is 0.381 e. The molecule has 4 aliphatic rings. The number of hydrogen-bond acceptors (Lipinski definition) is 6. The van der Waals surface area contributed by atoms with Crippen molar-refractivity contribution in [3.8, 4) is 5.19 Å². The molecule has 0 spiro atoms. The Bertz CT molecular complexity index is 654. The van der Waals surface area contributed by atoms with E-state index in [2.05, 4.69) is 10.3 Å². The fourth-order valence-electron chi connectivity index (χ4n) is 5.76. The lowest BCUT2D eigenvalue weighted by Crippen LogP contribution is -2.47. The average Bonchev–Trinajstić information content (AvgIpc) is 3.00. The molecule has 142 valence electrons. The Morgan fingerprint density at radius 1 is 1.23 bits per heavy atom. The van der Waals surface area contributed by atoms with Crippen molar-refractivity contribution in [1.29, 1.82) is 0 Å². The Balaban J connectivity index is 1.23. The maximum Gasteiger partial charge on any atom is 0.414 e. The van der Waals surface area contributed by atoms with Crippen molar-refractivity contribution >= 4 is 23.3 Å². The minimum atomic E-state index is -0.554. The highest BCUT2D eigenvalue weighted by molar-refractivity contribution is 7.11. The molecule has 1 aromatic heterocycles. The second-order valence-corrected chi connectivity index (χ2v) is 9.12. The van der Waals surface area contributed by atoms with E-state index in [1.807, 2.05) is 0 Å². The van der Waals surface area contributed by atoms with Crippen LogP contribution in [0.2, 0.25) is 0 Å². The van der Waals surface area contributed by atoms with Gasteiger partial charge in [-0.3, -0.25) is 10.0 Å². The van der Waals surface area contributed by atoms with Crippen LogP contribution in [0.1, 0.15) is 50.6 Å². The number of nitrogens with one attached hydrogen (secondary N) is 2. The Morgan fingerprint density at radius 3 is 2.50 bits per heavy atom. The average molecular weight is 379 g/mol. The van der Waals surface area contributed by atoms with Crippen LogP contribution in [0.25, 0.3) is 0 Å². The Hall–Kier alpha value is -1.67. The standard InChI is InChI=1S/C18H25N3O4S/c22-15(21-24)6-14-10-26-17(20-14)25-16(23)19-2-1-18-7-11-3-12(8-18)5-13(4-11)9-18/h10-13,24H,1-9H2,(H,19,23)(H,21,22). The van der Waals surface area contributed by atoms with Crippen molar-refractivity contribution in [2.75, 3.05) is 6.54 Å². The molecule has 0 saturated heterocycles. The molecule has 2 amide bonds. The number of nitrogens with zero attached hydrogens (tertiary/aromatic N) is 1. The summed E-state index contributed by atoms with van der Waals surface area (Å²) in [6, 6.07) is 0. The third-order valence-electron chi connectivity index (χ3n) is 6.27. The van der Waals surface area contributed by atoms with Crippen LogP contribution in [-0.2, 0) is 11.2 Å². The van der Waals surface area contributed by atoms with Gasteiger partial charge in [0, 0.05) is 11.9 Å². The lowest BCUT2D eigenvalue weighted by molar-refractivity contribution is -0.128. The third kappa shape index (κ3) is 3.86. The minimum Gasteiger partial charge on any atom is -0.381 e. The summed E-state index contributed by atoms with van der Waals surface area (Å²) in [4.78, 5) is 27.2. The van der Waals surface area contributed by atoms with Crippen molar-refractivity contribution in [2.45, 2.75) is 51.4 Å². The van der Waals surface area contributed by atoms with Gasteiger partial charge in [-0.2, -0.15) is 0 Å². The van der Waals surface area contributed by atoms with E-state index in [1.54, 1.807) is 10.9 Å². The number of carbonyl (C=O) groups excluding carboxylic acids is 2. The van der Waals surface area contributed by atoms with Gasteiger partial charge in [0.25, 0.3) is 5.19 Å². The number of carbonyl (C=O) groups is 2. The summed E-state index contributed by atoms with van der Waals surface area (Å²) in [7, 11) is 0. The van der Waals surface area contributed by atoms with E-state index in [1.165, 1.54) is 38.5 Å². The van der Waals surface area contributed by atoms with Gasteiger partial charge >= 0.3 is 6.09 Å². The second-order valence-electron chi connectivity index (χ2n) is 8.30. The fraction of sp³-hybridized carbons (Fsp3) is 0.722. The molecular formula is C18H25N3O4S. The predicted octanol–water partition coefficient (Wildman–Crippen LogP) is 2.89. The molecule has 3 N–H and O–H groups in total. The van der Waals surface area contributed by atoms with Crippen LogP contribution in [-0.4, -0.2) is 28.7 Å². The van der Waals surface area contributed by atoms with Gasteiger partial charge in [-0.05, 0) is 68.1 Å². The number of ether oxygens (including phenoxy) is 1. The van der Waals surface area contributed by atoms with Crippen LogP contribution < -0.4 is 15.5 Å². The van der Waals surface area contributed by atoms with E-state index in [-0.39, 0.29) is 11.6 Å². The molecule has 7 nitrogen and oxygen atoms in total. The van der Waals surface area contributed by atoms with Crippen molar-refractivity contribution in [3.63, 3.8) is 0 Å². The van der Waals surface area contributed by atoms with Crippen LogP contribution in [0, 0.1) is 23.2 Å². The monoisotopic (exact) mass is 379 g/mol. The van der Waals surface area contributed by atoms with Gasteiger partial charge in [-0.25, -0.2) is 15.3 Å². The molecule has 1 heterocycles. The SMILES string of the molecule is O=C(Cc1csc(OC(=O)NCCC23CC4CC(CC(C4)C2)C3)n1)NO. The van der Waals surface area contributed by atoms with E-state index in [9.17, 15) is 9.59 Å². The van der Waals surface area contributed by atoms with E-state index < -0.39 is 12.0 Å². The molecule has 4 aliphatic carbocycles. The largest absolute Gasteiger partial charge is 0.414 e. The molecule has 8 heteroatoms. The van der Waals surface area contributed by atoms with Crippen LogP contribution >= 0.6 is 11.3 Å². The van der Waals surface area contributed by atoms with Crippen molar-refractivity contribution in [1.82, 2.24) is 15.8 Å². The van der Waals surface area contributed by atoms with Gasteiger partial charge < -0.3 is 10.1 Å². The van der Waals surface area contributed by atoms with Crippen molar-refractivity contribution in [2.24, 2.45) is 23.2 Å². The highest BCUT2D eigenvalue weighted by atomic mass is 32.1. The predicted molar refractivity (Wildman–Crippen MR) is 95.0 cm³/mol.